The van der Waals surface area contributed by atoms with Gasteiger partial charge in [0, 0.05) is 12.7 Å². The predicted octanol–water partition coefficient (Wildman–Crippen LogP) is 0.937. The van der Waals surface area contributed by atoms with Gasteiger partial charge in [-0.25, -0.2) is 17.8 Å². The van der Waals surface area contributed by atoms with E-state index in [1.54, 1.807) is 6.92 Å². The molecule has 1 atom stereocenters. The van der Waals surface area contributed by atoms with Crippen LogP contribution in [-0.2, 0) is 19.6 Å². The van der Waals surface area contributed by atoms with Crippen molar-refractivity contribution in [1.29, 1.82) is 0 Å². The van der Waals surface area contributed by atoms with Crippen molar-refractivity contribution in [1.82, 2.24) is 9.29 Å². The van der Waals surface area contributed by atoms with Crippen molar-refractivity contribution in [3.05, 3.63) is 24.1 Å². The summed E-state index contributed by atoms with van der Waals surface area (Å²) in [6.45, 7) is 1.97. The van der Waals surface area contributed by atoms with Crippen LogP contribution in [0.4, 0.5) is 4.39 Å². The number of hydrogen-bond donors (Lipinski definition) is 0. The highest BCUT2D eigenvalue weighted by atomic mass is 32.2. The summed E-state index contributed by atoms with van der Waals surface area (Å²) < 4.78 is 44.2. The van der Waals surface area contributed by atoms with Gasteiger partial charge in [0.2, 0.25) is 5.03 Å². The van der Waals surface area contributed by atoms with Crippen LogP contribution in [0, 0.1) is 5.82 Å². The molecule has 110 valence electrons. The molecule has 0 saturated carbocycles. The summed E-state index contributed by atoms with van der Waals surface area (Å²) >= 11 is 0. The summed E-state index contributed by atoms with van der Waals surface area (Å²) in [7, 11) is -4.14. The summed E-state index contributed by atoms with van der Waals surface area (Å²) in [6.07, 6.45) is 2.09. The molecule has 8 heteroatoms. The molecule has 1 aliphatic heterocycles. The molecule has 1 saturated heterocycles. The van der Waals surface area contributed by atoms with Gasteiger partial charge in [0.1, 0.15) is 6.04 Å². The van der Waals surface area contributed by atoms with Gasteiger partial charge in [0.15, 0.2) is 5.82 Å². The number of carbonyl (C=O) groups excluding carboxylic acids is 1. The van der Waals surface area contributed by atoms with Crippen LogP contribution in [0.1, 0.15) is 19.8 Å². The molecule has 0 N–H and O–H groups in total. The van der Waals surface area contributed by atoms with E-state index in [4.69, 9.17) is 4.74 Å². The average molecular weight is 302 g/mol. The minimum atomic E-state index is -4.14. The van der Waals surface area contributed by atoms with Crippen LogP contribution in [0.3, 0.4) is 0 Å². The first kappa shape index (κ1) is 14.9. The molecule has 0 radical (unpaired) electrons. The Bertz CT molecular complexity index is 605. The number of pyridine rings is 1. The van der Waals surface area contributed by atoms with E-state index in [9.17, 15) is 17.6 Å². The molecule has 0 aromatic carbocycles. The van der Waals surface area contributed by atoms with E-state index in [0.29, 0.717) is 12.8 Å². The number of rotatable bonds is 4. The van der Waals surface area contributed by atoms with Gasteiger partial charge in [-0.1, -0.05) is 0 Å². The fraction of sp³-hybridized carbons (Fsp3) is 0.500. The maximum Gasteiger partial charge on any atom is 0.324 e. The van der Waals surface area contributed by atoms with Gasteiger partial charge in [-0.2, -0.15) is 4.31 Å². The smallest absolute Gasteiger partial charge is 0.324 e. The number of carbonyl (C=O) groups is 1. The molecular weight excluding hydrogens is 287 g/mol. The zero-order valence-electron chi connectivity index (χ0n) is 11.0. The lowest BCUT2D eigenvalue weighted by molar-refractivity contribution is -0.146. The molecule has 1 aliphatic rings. The topological polar surface area (TPSA) is 76.6 Å². The second-order valence-electron chi connectivity index (χ2n) is 4.32. The highest BCUT2D eigenvalue weighted by Gasteiger charge is 2.41. The quantitative estimate of drug-likeness (QED) is 0.774. The average Bonchev–Trinajstić information content (AvgIpc) is 2.89. The first-order valence-electron chi connectivity index (χ1n) is 6.27. The fourth-order valence-corrected chi connectivity index (χ4v) is 3.80. The largest absolute Gasteiger partial charge is 0.465 e. The first-order chi connectivity index (χ1) is 9.48. The summed E-state index contributed by atoms with van der Waals surface area (Å²) in [6, 6.07) is 1.43. The molecule has 6 nitrogen and oxygen atoms in total. The minimum Gasteiger partial charge on any atom is -0.465 e. The van der Waals surface area contributed by atoms with Crippen molar-refractivity contribution in [3.8, 4) is 0 Å². The van der Waals surface area contributed by atoms with E-state index in [2.05, 4.69) is 4.98 Å². The molecule has 20 heavy (non-hydrogen) atoms. The molecule has 1 fully saturated rings. The number of halogens is 1. The summed E-state index contributed by atoms with van der Waals surface area (Å²) in [5.41, 5.74) is 0. The van der Waals surface area contributed by atoms with Crippen molar-refractivity contribution in [2.45, 2.75) is 30.8 Å². The van der Waals surface area contributed by atoms with Crippen LogP contribution < -0.4 is 0 Å². The van der Waals surface area contributed by atoms with Gasteiger partial charge in [-0.15, -0.1) is 0 Å². The Kier molecular flexibility index (Phi) is 4.34. The molecule has 0 bridgehead atoms. The van der Waals surface area contributed by atoms with E-state index < -0.39 is 32.9 Å². The molecule has 2 rings (SSSR count). The Labute approximate surface area is 116 Å². The van der Waals surface area contributed by atoms with Crippen LogP contribution in [0.2, 0.25) is 0 Å². The molecule has 0 amide bonds. The van der Waals surface area contributed by atoms with Crippen molar-refractivity contribution < 1.29 is 22.3 Å². The van der Waals surface area contributed by atoms with Crippen molar-refractivity contribution in [2.24, 2.45) is 0 Å². The molecule has 1 unspecified atom stereocenters. The predicted molar refractivity (Wildman–Crippen MR) is 67.7 cm³/mol. The molecule has 1 aromatic heterocycles. The Morgan fingerprint density at radius 2 is 2.35 bits per heavy atom. The molecule has 0 spiro atoms. The van der Waals surface area contributed by atoms with E-state index >= 15 is 0 Å². The van der Waals surface area contributed by atoms with E-state index in [-0.39, 0.29) is 13.2 Å². The van der Waals surface area contributed by atoms with Crippen LogP contribution >= 0.6 is 0 Å². The summed E-state index contributed by atoms with van der Waals surface area (Å²) in [5, 5.41) is -0.656. The van der Waals surface area contributed by atoms with E-state index in [1.165, 1.54) is 12.3 Å². The lowest BCUT2D eigenvalue weighted by atomic mass is 10.2. The third-order valence-electron chi connectivity index (χ3n) is 3.04. The number of nitrogens with zero attached hydrogens (tertiary/aromatic N) is 2. The second-order valence-corrected chi connectivity index (χ2v) is 6.12. The minimum absolute atomic E-state index is 0.155. The third kappa shape index (κ3) is 2.66. The van der Waals surface area contributed by atoms with Gasteiger partial charge in [-0.3, -0.25) is 4.79 Å². The van der Waals surface area contributed by atoms with Crippen LogP contribution in [0.25, 0.3) is 0 Å². The Hall–Kier alpha value is -1.54. The van der Waals surface area contributed by atoms with Crippen LogP contribution in [0.15, 0.2) is 23.4 Å². The lowest BCUT2D eigenvalue weighted by Gasteiger charge is -2.22. The van der Waals surface area contributed by atoms with Gasteiger partial charge < -0.3 is 4.74 Å². The third-order valence-corrected chi connectivity index (χ3v) is 4.88. The fourth-order valence-electron chi connectivity index (χ4n) is 2.17. The first-order valence-corrected chi connectivity index (χ1v) is 7.71. The highest BCUT2D eigenvalue weighted by Crippen LogP contribution is 2.26. The molecule has 2 heterocycles. The number of esters is 1. The van der Waals surface area contributed by atoms with E-state index in [0.717, 1.165) is 10.4 Å². The normalized spacial score (nSPS) is 20.0. The number of sulfonamides is 1. The van der Waals surface area contributed by atoms with Crippen molar-refractivity contribution >= 4 is 16.0 Å². The SMILES string of the molecule is CCOC(=O)C1CCCN1S(=O)(=O)c1ncccc1F. The standard InChI is InChI=1S/C12H15FN2O4S/c1-2-19-12(16)10-6-4-8-15(10)20(17,18)11-9(13)5-3-7-14-11/h3,5,7,10H,2,4,6,8H2,1H3. The summed E-state index contributed by atoms with van der Waals surface area (Å²) in [4.78, 5) is 15.4. The van der Waals surface area contributed by atoms with Gasteiger partial charge in [-0.05, 0) is 31.9 Å². The number of aromatic nitrogens is 1. The number of ether oxygens (including phenoxy) is 1. The maximum absolute atomic E-state index is 13.6. The number of hydrogen-bond acceptors (Lipinski definition) is 5. The van der Waals surface area contributed by atoms with Crippen LogP contribution in [-0.4, -0.2) is 42.9 Å². The summed E-state index contributed by atoms with van der Waals surface area (Å²) in [5.74, 6) is -1.54. The Morgan fingerprint density at radius 1 is 1.60 bits per heavy atom. The highest BCUT2D eigenvalue weighted by molar-refractivity contribution is 7.89. The zero-order chi connectivity index (χ0) is 14.8. The second kappa shape index (κ2) is 5.84. The van der Waals surface area contributed by atoms with Crippen LogP contribution in [0.5, 0.6) is 0 Å². The van der Waals surface area contributed by atoms with E-state index in [1.807, 2.05) is 0 Å². The van der Waals surface area contributed by atoms with Crippen molar-refractivity contribution in [2.75, 3.05) is 13.2 Å². The van der Waals surface area contributed by atoms with Gasteiger partial charge >= 0.3 is 5.97 Å². The Balaban J connectivity index is 2.34. The Morgan fingerprint density at radius 3 is 3.00 bits per heavy atom. The lowest BCUT2D eigenvalue weighted by Crippen LogP contribution is -2.41. The monoisotopic (exact) mass is 302 g/mol. The molecule has 1 aromatic rings. The molecule has 0 aliphatic carbocycles. The maximum atomic E-state index is 13.6. The van der Waals surface area contributed by atoms with Crippen molar-refractivity contribution in [3.63, 3.8) is 0 Å². The zero-order valence-corrected chi connectivity index (χ0v) is 11.8. The van der Waals surface area contributed by atoms with Gasteiger partial charge in [0.05, 0.1) is 6.61 Å². The van der Waals surface area contributed by atoms with Gasteiger partial charge in [0.25, 0.3) is 10.0 Å². The molecular formula is C12H15FN2O4S.